The Balaban J connectivity index is 1.40. The van der Waals surface area contributed by atoms with Crippen LogP contribution in [0.25, 0.3) is 0 Å². The van der Waals surface area contributed by atoms with E-state index in [0.717, 1.165) is 5.56 Å². The van der Waals surface area contributed by atoms with Crippen molar-refractivity contribution in [2.45, 2.75) is 29.9 Å². The normalized spacial score (nSPS) is 30.3. The van der Waals surface area contributed by atoms with Crippen LogP contribution in [-0.4, -0.2) is 70.3 Å². The summed E-state index contributed by atoms with van der Waals surface area (Å²) in [5, 5.41) is 7.43. The lowest BCUT2D eigenvalue weighted by Crippen LogP contribution is -2.56. The zero-order valence-corrected chi connectivity index (χ0v) is 17.0. The van der Waals surface area contributed by atoms with E-state index in [4.69, 9.17) is 16.3 Å². The van der Waals surface area contributed by atoms with Gasteiger partial charge in [-0.05, 0) is 30.2 Å². The van der Waals surface area contributed by atoms with Crippen molar-refractivity contribution in [1.29, 1.82) is 0 Å². The van der Waals surface area contributed by atoms with Crippen LogP contribution in [0.1, 0.15) is 22.3 Å². The summed E-state index contributed by atoms with van der Waals surface area (Å²) in [6, 6.07) is 8.74. The molecule has 3 fully saturated rings. The maximum absolute atomic E-state index is 13.2. The molecular weight excluding hydrogens is 416 g/mol. The van der Waals surface area contributed by atoms with Crippen LogP contribution in [0.4, 0.5) is 0 Å². The number of nitrogens with zero attached hydrogens (tertiary/aromatic N) is 4. The Morgan fingerprint density at radius 3 is 2.72 bits per heavy atom. The van der Waals surface area contributed by atoms with Crippen molar-refractivity contribution in [3.63, 3.8) is 0 Å². The average molecular weight is 435 g/mol. The highest BCUT2D eigenvalue weighted by molar-refractivity contribution is 7.90. The number of carbonyl (C=O) groups is 1. The molecule has 1 aromatic carbocycles. The van der Waals surface area contributed by atoms with Gasteiger partial charge in [0.05, 0.1) is 30.6 Å². The van der Waals surface area contributed by atoms with E-state index >= 15 is 0 Å². The number of benzene rings is 1. The average Bonchev–Trinajstić information content (AvgIpc) is 3.09. The monoisotopic (exact) mass is 434 g/mol. The number of ether oxygens (including phenoxy) is 1. The third kappa shape index (κ3) is 3.13. The number of halogens is 1. The number of hydrogen-bond acceptors (Lipinski definition) is 6. The minimum atomic E-state index is -3.54. The van der Waals surface area contributed by atoms with Gasteiger partial charge in [0, 0.05) is 24.7 Å². The SMILES string of the molecule is O=C(c1ccnnc1)N1C[C@@H]2C[C@@H]3[C@@](C1)(CN(Cc1ccc(Cl)cc1)S3(=O)=O)O2. The zero-order chi connectivity index (χ0) is 20.2. The Hall–Kier alpha value is -2.07. The fourth-order valence-electron chi connectivity index (χ4n) is 4.64. The highest BCUT2D eigenvalue weighted by Crippen LogP contribution is 2.47. The van der Waals surface area contributed by atoms with Crippen LogP contribution in [0, 0.1) is 0 Å². The molecule has 2 aromatic rings. The Bertz CT molecular complexity index is 1050. The van der Waals surface area contributed by atoms with E-state index in [2.05, 4.69) is 10.2 Å². The predicted molar refractivity (Wildman–Crippen MR) is 105 cm³/mol. The van der Waals surface area contributed by atoms with Crippen LogP contribution in [0.5, 0.6) is 0 Å². The van der Waals surface area contributed by atoms with Crippen LogP contribution in [0.3, 0.4) is 0 Å². The van der Waals surface area contributed by atoms with Crippen molar-refractivity contribution < 1.29 is 17.9 Å². The van der Waals surface area contributed by atoms with Crippen molar-refractivity contribution >= 4 is 27.5 Å². The highest BCUT2D eigenvalue weighted by Gasteiger charge is 2.65. The van der Waals surface area contributed by atoms with Gasteiger partial charge in [-0.3, -0.25) is 4.79 Å². The summed E-state index contributed by atoms with van der Waals surface area (Å²) in [6.45, 7) is 1.11. The number of fused-ring (bicyclic) bond motifs is 1. The van der Waals surface area contributed by atoms with Crippen molar-refractivity contribution in [2.75, 3.05) is 19.6 Å². The van der Waals surface area contributed by atoms with Gasteiger partial charge in [-0.15, -0.1) is 0 Å². The van der Waals surface area contributed by atoms with Crippen molar-refractivity contribution in [3.8, 4) is 0 Å². The molecule has 0 radical (unpaired) electrons. The molecule has 0 unspecified atom stereocenters. The van der Waals surface area contributed by atoms with E-state index in [1.165, 1.54) is 16.7 Å². The highest BCUT2D eigenvalue weighted by atomic mass is 35.5. The van der Waals surface area contributed by atoms with Gasteiger partial charge < -0.3 is 9.64 Å². The van der Waals surface area contributed by atoms with E-state index in [-0.39, 0.29) is 31.6 Å². The van der Waals surface area contributed by atoms with Crippen molar-refractivity contribution in [3.05, 3.63) is 58.9 Å². The van der Waals surface area contributed by atoms with E-state index in [1.807, 2.05) is 12.1 Å². The number of carbonyl (C=O) groups excluding carboxylic acids is 1. The second kappa shape index (κ2) is 6.73. The molecule has 0 saturated carbocycles. The van der Waals surface area contributed by atoms with Gasteiger partial charge >= 0.3 is 0 Å². The second-order valence-corrected chi connectivity index (χ2v) is 10.3. The summed E-state index contributed by atoms with van der Waals surface area (Å²) in [4.78, 5) is 14.6. The molecule has 1 amide bonds. The van der Waals surface area contributed by atoms with Crippen molar-refractivity contribution in [1.82, 2.24) is 19.4 Å². The van der Waals surface area contributed by atoms with Crippen LogP contribution < -0.4 is 0 Å². The third-order valence-corrected chi connectivity index (χ3v) is 8.47. The fraction of sp³-hybridized carbons (Fsp3) is 0.421. The lowest BCUT2D eigenvalue weighted by Gasteiger charge is -2.39. The maximum Gasteiger partial charge on any atom is 0.255 e. The summed E-state index contributed by atoms with van der Waals surface area (Å²) in [5.74, 6) is -0.179. The quantitative estimate of drug-likeness (QED) is 0.723. The molecule has 29 heavy (non-hydrogen) atoms. The molecule has 0 aliphatic carbocycles. The number of aromatic nitrogens is 2. The van der Waals surface area contributed by atoms with Crippen LogP contribution >= 0.6 is 11.6 Å². The Labute approximate surface area is 173 Å². The zero-order valence-electron chi connectivity index (χ0n) is 15.4. The summed E-state index contributed by atoms with van der Waals surface area (Å²) in [6.07, 6.45) is 3.02. The molecule has 1 spiro atoms. The number of amides is 1. The molecule has 3 atom stereocenters. The summed E-state index contributed by atoms with van der Waals surface area (Å²) in [7, 11) is -3.54. The minimum absolute atomic E-state index is 0.179. The molecule has 8 nitrogen and oxygen atoms in total. The third-order valence-electron chi connectivity index (χ3n) is 5.90. The summed E-state index contributed by atoms with van der Waals surface area (Å²) < 4.78 is 34.1. The molecule has 10 heteroatoms. The van der Waals surface area contributed by atoms with E-state index in [1.54, 1.807) is 23.1 Å². The topological polar surface area (TPSA) is 92.7 Å². The molecule has 3 aliphatic heterocycles. The minimum Gasteiger partial charge on any atom is -0.365 e. The molecule has 3 aliphatic rings. The van der Waals surface area contributed by atoms with Crippen molar-refractivity contribution in [2.24, 2.45) is 0 Å². The molecule has 152 valence electrons. The van der Waals surface area contributed by atoms with Gasteiger partial charge in [0.1, 0.15) is 10.9 Å². The number of sulfonamides is 1. The van der Waals surface area contributed by atoms with Gasteiger partial charge in [0.25, 0.3) is 5.91 Å². The Kier molecular flexibility index (Phi) is 4.39. The lowest BCUT2D eigenvalue weighted by molar-refractivity contribution is -0.0980. The van der Waals surface area contributed by atoms with Crippen LogP contribution in [0.15, 0.2) is 42.7 Å². The van der Waals surface area contributed by atoms with Crippen LogP contribution in [0.2, 0.25) is 5.02 Å². The number of likely N-dealkylation sites (tertiary alicyclic amines) is 1. The molecular formula is C19H19ClN4O4S. The number of hydrogen-bond donors (Lipinski definition) is 0. The standard InChI is InChI=1S/C19H19ClN4O4S/c20-15-3-1-13(2-4-15)9-24-12-19-11-23(18(25)14-5-6-21-22-8-14)10-16(28-19)7-17(19)29(24,26)27/h1-6,8,16-17H,7,9-12H2/t16-,17+,19+/m0/s1. The van der Waals surface area contributed by atoms with Gasteiger partial charge in [0.2, 0.25) is 10.0 Å². The van der Waals surface area contributed by atoms with Crippen LogP contribution in [-0.2, 0) is 21.3 Å². The van der Waals surface area contributed by atoms with E-state index in [0.29, 0.717) is 23.6 Å². The first-order chi connectivity index (χ1) is 13.9. The molecule has 3 saturated heterocycles. The van der Waals surface area contributed by atoms with Gasteiger partial charge in [-0.1, -0.05) is 23.7 Å². The second-order valence-electron chi connectivity index (χ2n) is 7.79. The predicted octanol–water partition coefficient (Wildman–Crippen LogP) is 1.33. The first-order valence-electron chi connectivity index (χ1n) is 9.35. The van der Waals surface area contributed by atoms with Gasteiger partial charge in [-0.25, -0.2) is 8.42 Å². The van der Waals surface area contributed by atoms with E-state index in [9.17, 15) is 13.2 Å². The van der Waals surface area contributed by atoms with E-state index < -0.39 is 20.9 Å². The lowest BCUT2D eigenvalue weighted by atomic mass is 9.99. The summed E-state index contributed by atoms with van der Waals surface area (Å²) >= 11 is 5.93. The van der Waals surface area contributed by atoms with Gasteiger partial charge in [0.15, 0.2) is 0 Å². The molecule has 5 rings (SSSR count). The first kappa shape index (κ1) is 18.9. The number of morpholine rings is 1. The fourth-order valence-corrected chi connectivity index (χ4v) is 7.06. The Morgan fingerprint density at radius 1 is 1.21 bits per heavy atom. The first-order valence-corrected chi connectivity index (χ1v) is 11.2. The maximum atomic E-state index is 13.2. The largest absolute Gasteiger partial charge is 0.365 e. The smallest absolute Gasteiger partial charge is 0.255 e. The number of rotatable bonds is 3. The summed E-state index contributed by atoms with van der Waals surface area (Å²) in [5.41, 5.74) is 0.398. The molecule has 0 N–H and O–H groups in total. The van der Waals surface area contributed by atoms with Gasteiger partial charge in [-0.2, -0.15) is 14.5 Å². The Morgan fingerprint density at radius 2 is 2.00 bits per heavy atom. The molecule has 4 heterocycles. The molecule has 2 bridgehead atoms. The molecule has 1 aromatic heterocycles.